The first kappa shape index (κ1) is 9.06. The Balaban J connectivity index is 0. The predicted molar refractivity (Wildman–Crippen MR) is 1.37 cm³/mol. The van der Waals surface area contributed by atoms with Gasteiger partial charge >= 0.3 is 57.3 Å². The molecule has 4 heteroatoms. The van der Waals surface area contributed by atoms with Crippen LogP contribution in [0.3, 0.4) is 0 Å². The van der Waals surface area contributed by atoms with Gasteiger partial charge in [-0.3, -0.25) is 0 Å². The van der Waals surface area contributed by atoms with E-state index in [-0.39, 0.29) is 31.0 Å². The monoisotopic (exact) mass is 228 g/mol. The Bertz CT molecular complexity index is 8.00. The molecule has 0 fully saturated rings. The second kappa shape index (κ2) is 25.3. The van der Waals surface area contributed by atoms with E-state index in [9.17, 15) is 0 Å². The van der Waals surface area contributed by atoms with Gasteiger partial charge in [-0.1, -0.05) is 0 Å². The van der Waals surface area contributed by atoms with Crippen molar-refractivity contribution in [3.05, 3.63) is 0 Å². The number of hydrogen-bond donors (Lipinski definition) is 0. The van der Waals surface area contributed by atoms with E-state index in [1.807, 2.05) is 0 Å². The van der Waals surface area contributed by atoms with Gasteiger partial charge in [0.15, 0.2) is 0 Å². The fraction of sp³-hybridized carbons (Fsp3) is 0. The summed E-state index contributed by atoms with van der Waals surface area (Å²) in [7, 11) is 0. The van der Waals surface area contributed by atoms with Crippen molar-refractivity contribution in [3.63, 3.8) is 0 Å². The Labute approximate surface area is 56.7 Å². The topological polar surface area (TPSA) is 34.1 Å². The second-order valence-electron chi connectivity index (χ2n) is 0. The van der Waals surface area contributed by atoms with Crippen LogP contribution in [-0.4, -0.2) is 0 Å². The van der Waals surface area contributed by atoms with Crippen molar-refractivity contribution < 1.29 is 57.3 Å². The standard InChI is InChI=1S/Ag.2O.Y. The van der Waals surface area contributed by atoms with Crippen LogP contribution >= 0.6 is 0 Å². The summed E-state index contributed by atoms with van der Waals surface area (Å²) in [6.07, 6.45) is 0. The van der Waals surface area contributed by atoms with E-state index >= 15 is 0 Å². The van der Waals surface area contributed by atoms with Crippen molar-refractivity contribution in [2.75, 3.05) is 0 Å². The van der Waals surface area contributed by atoms with E-state index in [4.69, 9.17) is 5.29 Å². The first-order valence-electron chi connectivity index (χ1n) is 0.359. The first-order chi connectivity index (χ1) is 2.00. The van der Waals surface area contributed by atoms with Crippen molar-refractivity contribution in [1.29, 1.82) is 0 Å². The van der Waals surface area contributed by atoms with E-state index in [0.29, 0.717) is 0 Å². The molecule has 4 heavy (non-hydrogen) atoms. The molecule has 0 aromatic carbocycles. The molecule has 2 nitrogen and oxygen atoms in total. The van der Waals surface area contributed by atoms with Crippen LogP contribution in [0, 0.1) is 0 Å². The third kappa shape index (κ3) is 9.87. The van der Waals surface area contributed by atoms with Gasteiger partial charge in [0.25, 0.3) is 0 Å². The zero-order valence-electron chi connectivity index (χ0n) is 1.70. The summed E-state index contributed by atoms with van der Waals surface area (Å²) in [5, 5.41) is 0. The molecule has 0 N–H and O–H groups in total. The number of rotatable bonds is 0. The maximum absolute atomic E-state index is 8.38. The molecule has 0 rings (SSSR count). The summed E-state index contributed by atoms with van der Waals surface area (Å²) in [6.45, 7) is 0. The summed E-state index contributed by atoms with van der Waals surface area (Å²) in [4.78, 5) is 0. The molecule has 0 aromatic heterocycles. The van der Waals surface area contributed by atoms with Crippen LogP contribution in [0.15, 0.2) is 0 Å². The van der Waals surface area contributed by atoms with Gasteiger partial charge in [0.1, 0.15) is 0 Å². The van der Waals surface area contributed by atoms with Gasteiger partial charge in [-0.2, -0.15) is 0 Å². The van der Waals surface area contributed by atoms with Gasteiger partial charge in [-0.15, -0.1) is 0 Å². The van der Waals surface area contributed by atoms with Gasteiger partial charge in [0.05, 0.1) is 0 Å². The third-order valence-corrected chi connectivity index (χ3v) is 0. The first-order valence-corrected chi connectivity index (χ1v) is 2.12. The summed E-state index contributed by atoms with van der Waals surface area (Å²) in [5.41, 5.74) is 0. The average molecular weight is 229 g/mol. The Morgan fingerprint density at radius 1 is 1.25 bits per heavy atom. The minimum atomic E-state index is 0.100. The molecule has 0 aliphatic carbocycles. The molecule has 0 aliphatic rings. The maximum atomic E-state index is 8.38. The van der Waals surface area contributed by atoms with Crippen molar-refractivity contribution >= 4 is 0 Å². The predicted octanol–water partition coefficient (Wildman–Crippen LogP) is -0.243. The molecule has 0 amide bonds. The van der Waals surface area contributed by atoms with Gasteiger partial charge in [0, 0.05) is 0 Å². The molecule has 0 radical (unpaired) electrons. The van der Waals surface area contributed by atoms with Crippen molar-refractivity contribution in [1.82, 2.24) is 0 Å². The minimum absolute atomic E-state index is 0.100. The van der Waals surface area contributed by atoms with Crippen LogP contribution in [0.1, 0.15) is 0 Å². The van der Waals surface area contributed by atoms with Crippen LogP contribution in [0.2, 0.25) is 0 Å². The van der Waals surface area contributed by atoms with Crippen molar-refractivity contribution in [2.24, 2.45) is 0 Å². The molecule has 0 atom stereocenters. The molecule has 0 bridgehead atoms. The molecule has 0 saturated carbocycles. The molecule has 0 spiro atoms. The van der Waals surface area contributed by atoms with E-state index in [0.717, 1.165) is 0 Å². The molecular weight excluding hydrogens is 229 g/mol. The summed E-state index contributed by atoms with van der Waals surface area (Å²) >= 11 is 1.80. The Morgan fingerprint density at radius 3 is 1.25 bits per heavy atom. The van der Waals surface area contributed by atoms with E-state index in [1.54, 1.807) is 21.0 Å². The average Bonchev–Trinajstić information content (AvgIpc) is 1.50. The Kier molecular flexibility index (Phi) is 57.3. The zero-order chi connectivity index (χ0) is 4.00. The fourth-order valence-corrected chi connectivity index (χ4v) is 0. The van der Waals surface area contributed by atoms with Crippen LogP contribution in [0.25, 0.3) is 0 Å². The normalized spacial score (nSPS) is 3.00. The SMILES string of the molecule is [O]=[Ag].[O]=[Y]. The van der Waals surface area contributed by atoms with Crippen molar-refractivity contribution in [3.8, 4) is 0 Å². The van der Waals surface area contributed by atoms with E-state index < -0.39 is 0 Å². The molecule has 0 aromatic rings. The van der Waals surface area contributed by atoms with E-state index in [2.05, 4.69) is 0 Å². The molecule has 0 saturated heterocycles. The molecular formula is AgO2Y. The second-order valence-corrected chi connectivity index (χ2v) is 0. The van der Waals surface area contributed by atoms with Gasteiger partial charge in [-0.05, 0) is 0 Å². The third-order valence-electron chi connectivity index (χ3n) is 0. The van der Waals surface area contributed by atoms with E-state index in [1.165, 1.54) is 0 Å². The summed E-state index contributed by atoms with van der Waals surface area (Å²) < 4.78 is 16.4. The zero-order valence-corrected chi connectivity index (χ0v) is 6.02. The Hall–Kier alpha value is 1.44. The van der Waals surface area contributed by atoms with Crippen LogP contribution < -0.4 is 0 Å². The summed E-state index contributed by atoms with van der Waals surface area (Å²) in [6, 6.07) is 0. The van der Waals surface area contributed by atoms with Crippen LogP contribution in [0.4, 0.5) is 0 Å². The van der Waals surface area contributed by atoms with Gasteiger partial charge in [0.2, 0.25) is 0 Å². The summed E-state index contributed by atoms with van der Waals surface area (Å²) in [5.74, 6) is 0. The van der Waals surface area contributed by atoms with Crippen LogP contribution in [0.5, 0.6) is 0 Å². The Morgan fingerprint density at radius 2 is 1.25 bits per heavy atom. The molecule has 26 valence electrons. The fourth-order valence-electron chi connectivity index (χ4n) is 0. The van der Waals surface area contributed by atoms with Gasteiger partial charge in [-0.25, -0.2) is 0 Å². The quantitative estimate of drug-likeness (QED) is 0.537. The van der Waals surface area contributed by atoms with Crippen LogP contribution in [-0.2, 0) is 57.3 Å². The van der Waals surface area contributed by atoms with Crippen molar-refractivity contribution in [2.45, 2.75) is 0 Å². The molecule has 0 unspecified atom stereocenters. The number of hydrogen-bond acceptors (Lipinski definition) is 2. The molecule has 0 aliphatic heterocycles. The molecule has 0 heterocycles. The van der Waals surface area contributed by atoms with Gasteiger partial charge < -0.3 is 0 Å².